The van der Waals surface area contributed by atoms with Crippen LogP contribution in [0, 0.1) is 6.92 Å². The van der Waals surface area contributed by atoms with Gasteiger partial charge < -0.3 is 0 Å². The molecule has 0 atom stereocenters. The second kappa shape index (κ2) is 11.2. The fraction of sp³-hybridized carbons (Fsp3) is 0.167. The van der Waals surface area contributed by atoms with Crippen LogP contribution < -0.4 is 5.43 Å². The summed E-state index contributed by atoms with van der Waals surface area (Å²) in [5.41, 5.74) is 5.17. The molecule has 0 aliphatic rings. The van der Waals surface area contributed by atoms with Gasteiger partial charge in [0.2, 0.25) is 10.0 Å². The van der Waals surface area contributed by atoms with Crippen molar-refractivity contribution in [2.24, 2.45) is 5.10 Å². The van der Waals surface area contributed by atoms with E-state index in [9.17, 15) is 13.2 Å². The summed E-state index contributed by atoms with van der Waals surface area (Å²) in [4.78, 5) is 12.7. The molecule has 1 N–H and O–H groups in total. The van der Waals surface area contributed by atoms with E-state index in [-0.39, 0.29) is 18.0 Å². The van der Waals surface area contributed by atoms with Crippen molar-refractivity contribution in [1.29, 1.82) is 0 Å². The van der Waals surface area contributed by atoms with Gasteiger partial charge in [0.25, 0.3) is 5.91 Å². The number of hydrazone groups is 1. The number of aryl methyl sites for hydroxylation is 1. The molecule has 3 aromatic rings. The van der Waals surface area contributed by atoms with Crippen LogP contribution in [0.5, 0.6) is 0 Å². The molecule has 3 aromatic carbocycles. The van der Waals surface area contributed by atoms with Crippen LogP contribution in [0.4, 0.5) is 0 Å². The topological polar surface area (TPSA) is 78.8 Å². The van der Waals surface area contributed by atoms with Crippen LogP contribution in [0.2, 0.25) is 0 Å². The fourth-order valence-electron chi connectivity index (χ4n) is 3.00. The quantitative estimate of drug-likeness (QED) is 0.345. The Balaban J connectivity index is 1.73. The van der Waals surface area contributed by atoms with Gasteiger partial charge in [-0.15, -0.1) is 0 Å². The van der Waals surface area contributed by atoms with Crippen molar-refractivity contribution in [2.45, 2.75) is 18.2 Å². The van der Waals surface area contributed by atoms with Gasteiger partial charge in [0.05, 0.1) is 17.7 Å². The Morgan fingerprint density at radius 2 is 1.75 bits per heavy atom. The number of carbonyl (C=O) groups excluding carboxylic acids is 1. The number of benzene rings is 3. The van der Waals surface area contributed by atoms with Crippen molar-refractivity contribution < 1.29 is 13.2 Å². The lowest BCUT2D eigenvalue weighted by Gasteiger charge is -2.21. The summed E-state index contributed by atoms with van der Waals surface area (Å²) < 4.78 is 28.6. The zero-order valence-electron chi connectivity index (χ0n) is 17.6. The zero-order chi connectivity index (χ0) is 23.0. The van der Waals surface area contributed by atoms with Crippen LogP contribution in [0.1, 0.15) is 16.7 Å². The van der Waals surface area contributed by atoms with Crippen LogP contribution in [-0.4, -0.2) is 37.9 Å². The van der Waals surface area contributed by atoms with Crippen LogP contribution in [0.25, 0.3) is 0 Å². The molecule has 32 heavy (non-hydrogen) atoms. The maximum Gasteiger partial charge on any atom is 0.255 e. The van der Waals surface area contributed by atoms with Gasteiger partial charge in [-0.2, -0.15) is 9.41 Å². The van der Waals surface area contributed by atoms with Gasteiger partial charge in [-0.05, 0) is 48.7 Å². The van der Waals surface area contributed by atoms with E-state index < -0.39 is 15.9 Å². The number of hydrogen-bond acceptors (Lipinski definition) is 4. The van der Waals surface area contributed by atoms with Gasteiger partial charge in [0, 0.05) is 11.0 Å². The molecule has 0 spiro atoms. The molecule has 1 amide bonds. The summed E-state index contributed by atoms with van der Waals surface area (Å²) in [6, 6.07) is 23.6. The molecule has 0 aliphatic heterocycles. The normalized spacial score (nSPS) is 11.7. The predicted molar refractivity (Wildman–Crippen MR) is 130 cm³/mol. The highest BCUT2D eigenvalue weighted by Crippen LogP contribution is 2.17. The van der Waals surface area contributed by atoms with E-state index >= 15 is 0 Å². The van der Waals surface area contributed by atoms with E-state index in [2.05, 4.69) is 26.5 Å². The summed E-state index contributed by atoms with van der Waals surface area (Å²) in [6.07, 6.45) is 1.99. The number of halogens is 1. The first kappa shape index (κ1) is 23.8. The molecule has 0 heterocycles. The minimum atomic E-state index is -3.85. The van der Waals surface area contributed by atoms with Crippen molar-refractivity contribution in [2.75, 3.05) is 13.1 Å². The largest absolute Gasteiger partial charge is 0.272 e. The van der Waals surface area contributed by atoms with Crippen molar-refractivity contribution >= 4 is 38.1 Å². The Labute approximate surface area is 197 Å². The highest BCUT2D eigenvalue weighted by atomic mass is 79.9. The Morgan fingerprint density at radius 1 is 1.03 bits per heavy atom. The molecule has 3 rings (SSSR count). The maximum atomic E-state index is 13.2. The lowest BCUT2D eigenvalue weighted by Crippen LogP contribution is -2.40. The zero-order valence-corrected chi connectivity index (χ0v) is 20.0. The monoisotopic (exact) mass is 513 g/mol. The molecule has 0 saturated heterocycles. The molecular weight excluding hydrogens is 490 g/mol. The molecule has 6 nitrogen and oxygen atoms in total. The first-order valence-corrected chi connectivity index (χ1v) is 12.3. The average Bonchev–Trinajstić information content (AvgIpc) is 2.77. The Bertz CT molecular complexity index is 1180. The lowest BCUT2D eigenvalue weighted by atomic mass is 10.1. The number of rotatable bonds is 9. The van der Waals surface area contributed by atoms with E-state index in [0.717, 1.165) is 21.2 Å². The molecule has 0 saturated carbocycles. The van der Waals surface area contributed by atoms with Gasteiger partial charge in [0.1, 0.15) is 0 Å². The highest BCUT2D eigenvalue weighted by Gasteiger charge is 2.26. The molecule has 0 radical (unpaired) electrons. The number of hydrogen-bond donors (Lipinski definition) is 1. The van der Waals surface area contributed by atoms with E-state index in [4.69, 9.17) is 0 Å². The summed E-state index contributed by atoms with van der Waals surface area (Å²) in [5.74, 6) is -0.514. The number of carbonyl (C=O) groups is 1. The van der Waals surface area contributed by atoms with Crippen LogP contribution >= 0.6 is 15.9 Å². The number of nitrogens with one attached hydrogen (secondary N) is 1. The highest BCUT2D eigenvalue weighted by molar-refractivity contribution is 9.10. The molecule has 8 heteroatoms. The molecule has 0 unspecified atom stereocenters. The number of sulfonamides is 1. The van der Waals surface area contributed by atoms with E-state index in [0.29, 0.717) is 6.42 Å². The first-order valence-electron chi connectivity index (χ1n) is 10.0. The third-order valence-corrected chi connectivity index (χ3v) is 7.08. The van der Waals surface area contributed by atoms with E-state index in [1.807, 2.05) is 61.5 Å². The standard InChI is InChI=1S/C24H24BrN3O3S/c1-19-10-12-23(13-11-19)32(30,31)28(15-14-20-6-3-2-4-7-20)18-24(29)27-26-17-21-8-5-9-22(25)16-21/h2-13,16-17H,14-15,18H2,1H3,(H,27,29)/b26-17-. The third kappa shape index (κ3) is 6.85. The van der Waals surface area contributed by atoms with E-state index in [1.54, 1.807) is 24.3 Å². The fourth-order valence-corrected chi connectivity index (χ4v) is 4.82. The predicted octanol–water partition coefficient (Wildman–Crippen LogP) is 4.14. The molecule has 166 valence electrons. The Hall–Kier alpha value is -2.81. The Kier molecular flexibility index (Phi) is 8.33. The second-order valence-electron chi connectivity index (χ2n) is 7.24. The van der Waals surface area contributed by atoms with E-state index in [1.165, 1.54) is 10.5 Å². The van der Waals surface area contributed by atoms with Crippen LogP contribution in [-0.2, 0) is 21.2 Å². The third-order valence-electron chi connectivity index (χ3n) is 4.72. The minimum Gasteiger partial charge on any atom is -0.272 e. The minimum absolute atomic E-state index is 0.154. The first-order chi connectivity index (χ1) is 15.3. The molecule has 0 bridgehead atoms. The summed E-state index contributed by atoms with van der Waals surface area (Å²) in [7, 11) is -3.85. The van der Waals surface area contributed by atoms with Crippen molar-refractivity contribution in [1.82, 2.24) is 9.73 Å². The van der Waals surface area contributed by atoms with Crippen LogP contribution in [0.15, 0.2) is 93.3 Å². The van der Waals surface area contributed by atoms with Crippen molar-refractivity contribution in [3.63, 3.8) is 0 Å². The van der Waals surface area contributed by atoms with Gasteiger partial charge >= 0.3 is 0 Å². The summed E-state index contributed by atoms with van der Waals surface area (Å²) in [5, 5.41) is 3.95. The molecular formula is C24H24BrN3O3S. The van der Waals surface area contributed by atoms with Crippen LogP contribution in [0.3, 0.4) is 0 Å². The van der Waals surface area contributed by atoms with Gasteiger partial charge in [-0.1, -0.05) is 76.1 Å². The van der Waals surface area contributed by atoms with Crippen molar-refractivity contribution in [3.8, 4) is 0 Å². The van der Waals surface area contributed by atoms with Gasteiger partial charge in [-0.25, -0.2) is 13.8 Å². The smallest absolute Gasteiger partial charge is 0.255 e. The van der Waals surface area contributed by atoms with Gasteiger partial charge in [0.15, 0.2) is 0 Å². The second-order valence-corrected chi connectivity index (χ2v) is 10.1. The average molecular weight is 514 g/mol. The van der Waals surface area contributed by atoms with Gasteiger partial charge in [-0.3, -0.25) is 4.79 Å². The maximum absolute atomic E-state index is 13.2. The Morgan fingerprint density at radius 3 is 2.44 bits per heavy atom. The lowest BCUT2D eigenvalue weighted by molar-refractivity contribution is -0.121. The summed E-state index contributed by atoms with van der Waals surface area (Å²) >= 11 is 3.38. The molecule has 0 aliphatic carbocycles. The number of nitrogens with zero attached hydrogens (tertiary/aromatic N) is 2. The SMILES string of the molecule is Cc1ccc(S(=O)(=O)N(CCc2ccccc2)CC(=O)N/N=C\c2cccc(Br)c2)cc1. The molecule has 0 fully saturated rings. The summed E-state index contributed by atoms with van der Waals surface area (Å²) in [6.45, 7) is 1.72. The number of amides is 1. The molecule has 0 aromatic heterocycles. The van der Waals surface area contributed by atoms with Crippen molar-refractivity contribution in [3.05, 3.63) is 100 Å².